The molecule has 3 rings (SSSR count). The molecule has 1 aromatic carbocycles. The van der Waals surface area contributed by atoms with Crippen LogP contribution in [0.4, 0.5) is 5.69 Å². The molecule has 0 saturated heterocycles. The van der Waals surface area contributed by atoms with Gasteiger partial charge in [0.2, 0.25) is 11.8 Å². The molecule has 2 aromatic rings. The largest absolute Gasteiger partial charge is 0.370 e. The van der Waals surface area contributed by atoms with Crippen molar-refractivity contribution in [2.24, 2.45) is 11.7 Å². The van der Waals surface area contributed by atoms with E-state index in [4.69, 9.17) is 5.73 Å². The van der Waals surface area contributed by atoms with Crippen molar-refractivity contribution < 1.29 is 18.0 Å². The number of carbonyl (C=O) groups is 2. The summed E-state index contributed by atoms with van der Waals surface area (Å²) >= 11 is 1.14. The second-order valence-electron chi connectivity index (χ2n) is 6.59. The van der Waals surface area contributed by atoms with Crippen LogP contribution in [0.25, 0.3) is 0 Å². The van der Waals surface area contributed by atoms with Crippen LogP contribution in [0.15, 0.2) is 46.0 Å². The maximum Gasteiger partial charge on any atom is 0.271 e. The molecule has 1 fully saturated rings. The van der Waals surface area contributed by atoms with Crippen molar-refractivity contribution in [3.63, 3.8) is 0 Å². The summed E-state index contributed by atoms with van der Waals surface area (Å²) in [5.41, 5.74) is 6.42. The lowest BCUT2D eigenvalue weighted by atomic mass is 10.1. The van der Waals surface area contributed by atoms with E-state index in [1.807, 2.05) is 0 Å². The summed E-state index contributed by atoms with van der Waals surface area (Å²) < 4.78 is 27.2. The molecule has 0 spiro atoms. The van der Waals surface area contributed by atoms with E-state index in [9.17, 15) is 18.0 Å². The van der Waals surface area contributed by atoms with Gasteiger partial charge in [-0.1, -0.05) is 18.2 Å². The normalized spacial score (nSPS) is 15.1. The third-order valence-corrected chi connectivity index (χ3v) is 7.07. The van der Waals surface area contributed by atoms with E-state index in [0.29, 0.717) is 11.6 Å². The lowest BCUT2D eigenvalue weighted by Crippen LogP contribution is -2.40. The predicted molar refractivity (Wildman–Crippen MR) is 104 cm³/mol. The highest BCUT2D eigenvalue weighted by Crippen LogP contribution is 2.34. The van der Waals surface area contributed by atoms with Gasteiger partial charge in [-0.3, -0.25) is 14.3 Å². The fourth-order valence-corrected chi connectivity index (χ4v) is 4.86. The average Bonchev–Trinajstić information content (AvgIpc) is 3.28. The van der Waals surface area contributed by atoms with Gasteiger partial charge in [-0.05, 0) is 47.9 Å². The number of amides is 2. The highest BCUT2D eigenvalue weighted by molar-refractivity contribution is 7.94. The number of nitrogens with one attached hydrogen (secondary N) is 2. The summed E-state index contributed by atoms with van der Waals surface area (Å²) in [6, 6.07) is 9.65. The Morgan fingerprint density at radius 2 is 1.89 bits per heavy atom. The third kappa shape index (κ3) is 5.54. The number of nitrogens with two attached hydrogens (primary N) is 1. The van der Waals surface area contributed by atoms with E-state index in [1.165, 1.54) is 6.07 Å². The molecule has 4 N–H and O–H groups in total. The predicted octanol–water partition coefficient (Wildman–Crippen LogP) is 1.86. The number of hydrogen-bond donors (Lipinski definition) is 3. The number of thiophene rings is 1. The van der Waals surface area contributed by atoms with Crippen molar-refractivity contribution in [1.29, 1.82) is 0 Å². The van der Waals surface area contributed by atoms with Gasteiger partial charge in [0.1, 0.15) is 4.21 Å². The number of carbonyl (C=O) groups excluding carboxylic acids is 2. The smallest absolute Gasteiger partial charge is 0.271 e. The summed E-state index contributed by atoms with van der Waals surface area (Å²) in [6.07, 6.45) is 2.30. The van der Waals surface area contributed by atoms with Crippen LogP contribution in [-0.2, 0) is 26.0 Å². The number of hydrogen-bond acceptors (Lipinski definition) is 5. The minimum atomic E-state index is -3.59. The molecular weight excluding hydrogens is 386 g/mol. The summed E-state index contributed by atoms with van der Waals surface area (Å²) in [7, 11) is -3.59. The Morgan fingerprint density at radius 3 is 2.44 bits per heavy atom. The maximum absolute atomic E-state index is 12.2. The van der Waals surface area contributed by atoms with Crippen LogP contribution in [0.5, 0.6) is 0 Å². The van der Waals surface area contributed by atoms with Gasteiger partial charge in [0, 0.05) is 18.2 Å². The first-order valence-corrected chi connectivity index (χ1v) is 10.9. The molecule has 0 bridgehead atoms. The Bertz CT molecular complexity index is 905. The topological polar surface area (TPSA) is 118 Å². The summed E-state index contributed by atoms with van der Waals surface area (Å²) in [5, 5.41) is 4.58. The monoisotopic (exact) mass is 407 g/mol. The second-order valence-corrected chi connectivity index (χ2v) is 9.45. The SMILES string of the molecule is NC(=O)C[C@H](NC(=O)Cc1ccc(NS(=O)(=O)c2cccs2)cc1)C1CC1. The number of rotatable bonds is 9. The van der Waals surface area contributed by atoms with Crippen molar-refractivity contribution in [3.05, 3.63) is 47.3 Å². The molecule has 9 heteroatoms. The van der Waals surface area contributed by atoms with E-state index < -0.39 is 15.9 Å². The van der Waals surface area contributed by atoms with Crippen molar-refractivity contribution in [2.45, 2.75) is 35.9 Å². The van der Waals surface area contributed by atoms with E-state index >= 15 is 0 Å². The molecule has 0 aliphatic heterocycles. The molecule has 2 amide bonds. The molecule has 1 aliphatic rings. The van der Waals surface area contributed by atoms with Crippen LogP contribution in [0.1, 0.15) is 24.8 Å². The third-order valence-electron chi connectivity index (χ3n) is 4.29. The molecule has 144 valence electrons. The molecule has 7 nitrogen and oxygen atoms in total. The van der Waals surface area contributed by atoms with Crippen molar-refractivity contribution in [3.8, 4) is 0 Å². The lowest BCUT2D eigenvalue weighted by molar-refractivity contribution is -0.122. The highest BCUT2D eigenvalue weighted by atomic mass is 32.2. The van der Waals surface area contributed by atoms with Gasteiger partial charge in [-0.25, -0.2) is 8.42 Å². The summed E-state index contributed by atoms with van der Waals surface area (Å²) in [5.74, 6) is -0.273. The Labute approximate surface area is 162 Å². The average molecular weight is 408 g/mol. The van der Waals surface area contributed by atoms with Gasteiger partial charge < -0.3 is 11.1 Å². The van der Waals surface area contributed by atoms with E-state index in [2.05, 4.69) is 10.0 Å². The van der Waals surface area contributed by atoms with Crippen LogP contribution in [0.2, 0.25) is 0 Å². The van der Waals surface area contributed by atoms with Gasteiger partial charge >= 0.3 is 0 Å². The molecule has 1 heterocycles. The zero-order valence-corrected chi connectivity index (χ0v) is 16.2. The maximum atomic E-state index is 12.2. The van der Waals surface area contributed by atoms with Gasteiger partial charge in [-0.2, -0.15) is 0 Å². The van der Waals surface area contributed by atoms with E-state index in [1.54, 1.807) is 35.7 Å². The number of primary amides is 1. The van der Waals surface area contributed by atoms with Crippen LogP contribution in [-0.4, -0.2) is 26.3 Å². The number of sulfonamides is 1. The van der Waals surface area contributed by atoms with Crippen molar-refractivity contribution in [1.82, 2.24) is 5.32 Å². The molecule has 1 saturated carbocycles. The van der Waals surface area contributed by atoms with Crippen LogP contribution in [0.3, 0.4) is 0 Å². The quantitative estimate of drug-likeness (QED) is 0.588. The Hall–Kier alpha value is -2.39. The molecule has 0 radical (unpaired) electrons. The first kappa shape index (κ1) is 19.4. The minimum Gasteiger partial charge on any atom is -0.370 e. The molecule has 0 unspecified atom stereocenters. The first-order chi connectivity index (χ1) is 12.8. The fraction of sp³-hybridized carbons (Fsp3) is 0.333. The molecule has 1 atom stereocenters. The van der Waals surface area contributed by atoms with Crippen molar-refractivity contribution >= 4 is 38.9 Å². The molecule has 27 heavy (non-hydrogen) atoms. The Balaban J connectivity index is 1.57. The fourth-order valence-electron chi connectivity index (χ4n) is 2.81. The van der Waals surface area contributed by atoms with Gasteiger partial charge in [-0.15, -0.1) is 11.3 Å². The second kappa shape index (κ2) is 8.10. The molecule has 1 aliphatic carbocycles. The molecule has 1 aromatic heterocycles. The van der Waals surface area contributed by atoms with E-state index in [0.717, 1.165) is 29.7 Å². The van der Waals surface area contributed by atoms with Crippen LogP contribution >= 0.6 is 11.3 Å². The zero-order valence-electron chi connectivity index (χ0n) is 14.6. The van der Waals surface area contributed by atoms with Gasteiger partial charge in [0.25, 0.3) is 10.0 Å². The number of anilines is 1. The number of benzene rings is 1. The van der Waals surface area contributed by atoms with E-state index in [-0.39, 0.29) is 29.0 Å². The Morgan fingerprint density at radius 1 is 1.19 bits per heavy atom. The summed E-state index contributed by atoms with van der Waals surface area (Å²) in [4.78, 5) is 23.4. The zero-order chi connectivity index (χ0) is 19.4. The van der Waals surface area contributed by atoms with Crippen LogP contribution in [0, 0.1) is 5.92 Å². The van der Waals surface area contributed by atoms with Crippen molar-refractivity contribution in [2.75, 3.05) is 4.72 Å². The lowest BCUT2D eigenvalue weighted by Gasteiger charge is -2.16. The summed E-state index contributed by atoms with van der Waals surface area (Å²) in [6.45, 7) is 0. The molecular formula is C18H21N3O4S2. The van der Waals surface area contributed by atoms with Gasteiger partial charge in [0.05, 0.1) is 6.42 Å². The first-order valence-electron chi connectivity index (χ1n) is 8.56. The Kier molecular flexibility index (Phi) is 5.81. The van der Waals surface area contributed by atoms with Crippen LogP contribution < -0.4 is 15.8 Å². The standard InChI is InChI=1S/C18H21N3O4S2/c19-16(22)11-15(13-5-6-13)20-17(23)10-12-3-7-14(8-4-12)21-27(24,25)18-2-1-9-26-18/h1-4,7-9,13,15,21H,5-6,10-11H2,(H2,19,22)(H,20,23)/t15-/m0/s1. The van der Waals surface area contributed by atoms with Gasteiger partial charge in [0.15, 0.2) is 0 Å². The minimum absolute atomic E-state index is 0.153. The highest BCUT2D eigenvalue weighted by Gasteiger charge is 2.33.